The molecule has 2 aliphatic rings. The Labute approximate surface area is 258 Å². The first-order valence-electron chi connectivity index (χ1n) is 14.9. The molecule has 1 saturated carbocycles. The van der Waals surface area contributed by atoms with E-state index in [-0.39, 0.29) is 17.3 Å². The van der Waals surface area contributed by atoms with Crippen molar-refractivity contribution in [1.29, 1.82) is 0 Å². The van der Waals surface area contributed by atoms with Crippen LogP contribution in [0.25, 0.3) is 0 Å². The fourth-order valence-corrected chi connectivity index (χ4v) is 6.84. The highest BCUT2D eigenvalue weighted by atomic mass is 32.2. The van der Waals surface area contributed by atoms with Gasteiger partial charge in [-0.15, -0.1) is 0 Å². The van der Waals surface area contributed by atoms with Gasteiger partial charge in [-0.3, -0.25) is 14.4 Å². The van der Waals surface area contributed by atoms with Gasteiger partial charge in [0.2, 0.25) is 11.7 Å². The number of hydrogen-bond acceptors (Lipinski definition) is 8. The normalized spacial score (nSPS) is 18.4. The number of carbonyl (C=O) groups excluding carboxylic acids is 4. The van der Waals surface area contributed by atoms with Gasteiger partial charge in [0.15, 0.2) is 9.84 Å². The third-order valence-electron chi connectivity index (χ3n) is 7.70. The molecule has 0 spiro atoms. The van der Waals surface area contributed by atoms with Crippen LogP contribution in [0.3, 0.4) is 0 Å². The molecular weight excluding hydrogens is 592 g/mol. The fourth-order valence-electron chi connectivity index (χ4n) is 5.20. The zero-order valence-electron chi connectivity index (χ0n) is 25.0. The van der Waals surface area contributed by atoms with Gasteiger partial charge in [-0.25, -0.2) is 13.2 Å². The van der Waals surface area contributed by atoms with E-state index in [2.05, 4.69) is 16.0 Å². The summed E-state index contributed by atoms with van der Waals surface area (Å²) in [5.41, 5.74) is -1.18. The van der Waals surface area contributed by atoms with Gasteiger partial charge in [0.25, 0.3) is 5.91 Å². The number of rotatable bonds is 14. The van der Waals surface area contributed by atoms with E-state index in [0.29, 0.717) is 51.3 Å². The van der Waals surface area contributed by atoms with Crippen molar-refractivity contribution >= 4 is 45.2 Å². The number of sulfone groups is 1. The molecule has 1 aliphatic heterocycles. The number of Topliss-reactive ketones (excluding diaryl/α,β-unsaturated/α-hetero) is 1. The first-order chi connectivity index (χ1) is 20.6. The van der Waals surface area contributed by atoms with Gasteiger partial charge in [-0.2, -0.15) is 11.8 Å². The van der Waals surface area contributed by atoms with Crippen LogP contribution in [0.15, 0.2) is 46.7 Å². The van der Waals surface area contributed by atoms with Crippen molar-refractivity contribution < 1.29 is 32.3 Å². The minimum atomic E-state index is -3.74. The number of hydrogen-bond donors (Lipinski definition) is 3. The van der Waals surface area contributed by atoms with E-state index in [1.165, 1.54) is 30.0 Å². The Balaban J connectivity index is 1.73. The van der Waals surface area contributed by atoms with Crippen molar-refractivity contribution in [3.05, 3.63) is 41.8 Å². The summed E-state index contributed by atoms with van der Waals surface area (Å²) < 4.78 is 30.7. The third kappa shape index (κ3) is 10.1. The fraction of sp³-hybridized carbons (Fsp3) is 0.600. The second kappa shape index (κ2) is 16.8. The van der Waals surface area contributed by atoms with Crippen molar-refractivity contribution in [1.82, 2.24) is 20.9 Å². The number of nitrogens with zero attached hydrogens (tertiary/aromatic N) is 1. The second-order valence-corrected chi connectivity index (χ2v) is 13.7. The number of thioether (sulfide) groups is 1. The summed E-state index contributed by atoms with van der Waals surface area (Å²) in [7, 11) is -3.74. The van der Waals surface area contributed by atoms with E-state index in [9.17, 15) is 27.6 Å². The van der Waals surface area contributed by atoms with Crippen LogP contribution >= 0.6 is 11.8 Å². The number of ketones is 1. The van der Waals surface area contributed by atoms with Gasteiger partial charge < -0.3 is 25.6 Å². The van der Waals surface area contributed by atoms with Crippen LogP contribution in [0.1, 0.15) is 58.3 Å². The molecule has 11 nitrogen and oxygen atoms in total. The molecule has 1 aromatic carbocycles. The lowest BCUT2D eigenvalue weighted by Crippen LogP contribution is -2.64. The third-order valence-corrected chi connectivity index (χ3v) is 9.84. The number of nitrogens with one attached hydrogen (secondary N) is 3. The molecule has 1 aliphatic carbocycles. The zero-order chi connectivity index (χ0) is 31.3. The maximum Gasteiger partial charge on any atom is 0.318 e. The minimum Gasteiger partial charge on any atom is -0.378 e. The van der Waals surface area contributed by atoms with Gasteiger partial charge in [0.1, 0.15) is 5.54 Å². The molecule has 13 heteroatoms. The van der Waals surface area contributed by atoms with Crippen LogP contribution in [-0.2, 0) is 29.0 Å². The Morgan fingerprint density at radius 3 is 2.35 bits per heavy atom. The predicted molar refractivity (Wildman–Crippen MR) is 166 cm³/mol. The molecule has 1 heterocycles. The van der Waals surface area contributed by atoms with Gasteiger partial charge in [-0.05, 0) is 43.7 Å². The number of urea groups is 1. The monoisotopic (exact) mass is 636 g/mol. The molecule has 3 N–H and O–H groups in total. The Bertz CT molecular complexity index is 1230. The summed E-state index contributed by atoms with van der Waals surface area (Å²) >= 11 is 1.38. The van der Waals surface area contributed by atoms with E-state index >= 15 is 0 Å². The molecule has 1 aromatic rings. The SMILES string of the molecule is CCCC[C@H](NC(=O)C1(NC(=O)N2CCOCC2)CCCCC1)C(=O)C(=O)NC(/C=C/S(=O)(=O)c1ccccc1)CSC. The molecule has 2 fully saturated rings. The van der Waals surface area contributed by atoms with E-state index < -0.39 is 45.1 Å². The summed E-state index contributed by atoms with van der Waals surface area (Å²) in [6.07, 6.45) is 8.08. The van der Waals surface area contributed by atoms with Crippen LogP contribution in [0.2, 0.25) is 0 Å². The van der Waals surface area contributed by atoms with Gasteiger partial charge in [-0.1, -0.05) is 57.2 Å². The van der Waals surface area contributed by atoms with Gasteiger partial charge >= 0.3 is 6.03 Å². The van der Waals surface area contributed by atoms with Crippen molar-refractivity contribution in [3.8, 4) is 0 Å². The molecule has 0 aromatic heterocycles. The molecule has 2 atom stereocenters. The molecule has 1 unspecified atom stereocenters. The Morgan fingerprint density at radius 1 is 1.05 bits per heavy atom. The first kappa shape index (κ1) is 34.6. The summed E-state index contributed by atoms with van der Waals surface area (Å²) in [5, 5.41) is 9.44. The lowest BCUT2D eigenvalue weighted by Gasteiger charge is -2.39. The van der Waals surface area contributed by atoms with Crippen molar-refractivity contribution in [2.24, 2.45) is 0 Å². The smallest absolute Gasteiger partial charge is 0.318 e. The lowest BCUT2D eigenvalue weighted by molar-refractivity contribution is -0.141. The second-order valence-electron chi connectivity index (χ2n) is 10.9. The minimum absolute atomic E-state index is 0.122. The average Bonchev–Trinajstić information content (AvgIpc) is 3.02. The van der Waals surface area contributed by atoms with Crippen LogP contribution in [0, 0.1) is 0 Å². The largest absolute Gasteiger partial charge is 0.378 e. The molecule has 0 bridgehead atoms. The molecule has 4 amide bonds. The van der Waals surface area contributed by atoms with Gasteiger partial charge in [0, 0.05) is 24.3 Å². The maximum atomic E-state index is 13.8. The highest BCUT2D eigenvalue weighted by molar-refractivity contribution is 7.98. The summed E-state index contributed by atoms with van der Waals surface area (Å²) in [5.74, 6) is -1.84. The average molecular weight is 637 g/mol. The van der Waals surface area contributed by atoms with E-state index in [1.54, 1.807) is 29.4 Å². The van der Waals surface area contributed by atoms with Crippen molar-refractivity contribution in [3.63, 3.8) is 0 Å². The van der Waals surface area contributed by atoms with Crippen LogP contribution in [0.4, 0.5) is 4.79 Å². The maximum absolute atomic E-state index is 13.8. The molecule has 0 radical (unpaired) electrons. The number of carbonyl (C=O) groups is 4. The van der Waals surface area contributed by atoms with E-state index in [1.807, 2.05) is 6.92 Å². The van der Waals surface area contributed by atoms with Crippen LogP contribution in [-0.4, -0.2) is 92.9 Å². The Morgan fingerprint density at radius 2 is 1.72 bits per heavy atom. The molecule has 3 rings (SSSR count). The van der Waals surface area contributed by atoms with Crippen molar-refractivity contribution in [2.45, 2.75) is 80.8 Å². The number of benzene rings is 1. The predicted octanol–water partition coefficient (Wildman–Crippen LogP) is 2.81. The van der Waals surface area contributed by atoms with E-state index in [0.717, 1.165) is 31.1 Å². The lowest BCUT2D eigenvalue weighted by atomic mass is 9.80. The van der Waals surface area contributed by atoms with Gasteiger partial charge in [0.05, 0.1) is 30.2 Å². The Hall–Kier alpha value is -2.90. The summed E-state index contributed by atoms with van der Waals surface area (Å²) in [6.45, 7) is 3.67. The molecular formula is C30H44N4O7S2. The summed E-state index contributed by atoms with van der Waals surface area (Å²) in [6, 6.07) is 5.76. The number of unbranched alkanes of at least 4 members (excludes halogenated alkanes) is 1. The number of amides is 4. The number of ether oxygens (including phenoxy) is 1. The van der Waals surface area contributed by atoms with Crippen LogP contribution in [0.5, 0.6) is 0 Å². The first-order valence-corrected chi connectivity index (χ1v) is 17.8. The standard InChI is InChI=1S/C30H44N4O7S2/c1-3-4-13-25(32-28(37)30(15-9-6-10-16-30)33-29(38)34-17-19-41-20-18-34)26(35)27(36)31-23(22-42-2)14-21-43(39,40)24-11-7-5-8-12-24/h5,7-8,11-12,14,21,23,25H,3-4,6,9-10,13,15-20,22H2,1-2H3,(H,31,36)(H,32,37)(H,33,38)/b21-14+/t23?,25-/m0/s1. The van der Waals surface area contributed by atoms with Crippen molar-refractivity contribution in [2.75, 3.05) is 38.3 Å². The molecule has 238 valence electrons. The highest BCUT2D eigenvalue weighted by Crippen LogP contribution is 2.29. The quantitative estimate of drug-likeness (QED) is 0.264. The molecule has 43 heavy (non-hydrogen) atoms. The zero-order valence-corrected chi connectivity index (χ0v) is 26.6. The Kier molecular flexibility index (Phi) is 13.5. The van der Waals surface area contributed by atoms with Crippen LogP contribution < -0.4 is 16.0 Å². The van der Waals surface area contributed by atoms with E-state index in [4.69, 9.17) is 4.74 Å². The summed E-state index contributed by atoms with van der Waals surface area (Å²) in [4.78, 5) is 55.2. The molecule has 1 saturated heterocycles. The topological polar surface area (TPSA) is 151 Å². The highest BCUT2D eigenvalue weighted by Gasteiger charge is 2.43. The number of morpholine rings is 1.